The van der Waals surface area contributed by atoms with Gasteiger partial charge in [-0.05, 0) is 0 Å². The summed E-state index contributed by atoms with van der Waals surface area (Å²) in [6.07, 6.45) is 0.115. The predicted molar refractivity (Wildman–Crippen MR) is 58.0 cm³/mol. The van der Waals surface area contributed by atoms with Crippen LogP contribution in [-0.4, -0.2) is 18.0 Å². The number of esters is 1. The fraction of sp³-hybridized carbons (Fsp3) is 0.182. The Kier molecular flexibility index (Phi) is 3.77. The Balaban J connectivity index is 2.93. The quantitative estimate of drug-likeness (QED) is 0.337. The van der Waals surface area contributed by atoms with Gasteiger partial charge in [0.1, 0.15) is 0 Å². The molecule has 0 atom stereocenters. The van der Waals surface area contributed by atoms with Gasteiger partial charge in [0.15, 0.2) is 0 Å². The lowest BCUT2D eigenvalue weighted by molar-refractivity contribution is -0.385. The van der Waals surface area contributed by atoms with Crippen LogP contribution in [0, 0.1) is 10.1 Å². The largest absolute Gasteiger partial charge is 0.466 e. The molecule has 5 heteroatoms. The van der Waals surface area contributed by atoms with E-state index in [1.165, 1.54) is 13.2 Å². The molecule has 0 amide bonds. The second kappa shape index (κ2) is 5.06. The number of nitro benzene ring substituents is 1. The molecule has 0 saturated carbocycles. The van der Waals surface area contributed by atoms with Gasteiger partial charge in [-0.15, -0.1) is 0 Å². The van der Waals surface area contributed by atoms with E-state index in [-0.39, 0.29) is 17.7 Å². The van der Waals surface area contributed by atoms with Gasteiger partial charge in [-0.25, -0.2) is 4.79 Å². The first-order valence-electron chi connectivity index (χ1n) is 4.54. The molecule has 0 aliphatic carbocycles. The van der Waals surface area contributed by atoms with E-state index in [9.17, 15) is 14.9 Å². The van der Waals surface area contributed by atoms with E-state index in [0.29, 0.717) is 5.56 Å². The number of carbonyl (C=O) groups excluding carboxylic acids is 1. The predicted octanol–water partition coefficient (Wildman–Crippen LogP) is 1.87. The first-order chi connectivity index (χ1) is 7.56. The Morgan fingerprint density at radius 3 is 2.69 bits per heavy atom. The summed E-state index contributed by atoms with van der Waals surface area (Å²) in [4.78, 5) is 21.3. The van der Waals surface area contributed by atoms with Crippen LogP contribution in [0.1, 0.15) is 5.56 Å². The van der Waals surface area contributed by atoms with Crippen LogP contribution in [0.4, 0.5) is 5.69 Å². The van der Waals surface area contributed by atoms with Crippen LogP contribution in [0.15, 0.2) is 36.4 Å². The molecule has 16 heavy (non-hydrogen) atoms. The molecule has 0 fully saturated rings. The minimum absolute atomic E-state index is 0.0208. The molecule has 0 aromatic heterocycles. The number of hydrogen-bond donors (Lipinski definition) is 0. The highest BCUT2D eigenvalue weighted by molar-refractivity contribution is 5.88. The maximum Gasteiger partial charge on any atom is 0.333 e. The Morgan fingerprint density at radius 2 is 2.12 bits per heavy atom. The second-order valence-corrected chi connectivity index (χ2v) is 3.16. The topological polar surface area (TPSA) is 69.4 Å². The van der Waals surface area contributed by atoms with Crippen molar-refractivity contribution in [3.8, 4) is 0 Å². The van der Waals surface area contributed by atoms with Crippen molar-refractivity contribution in [3.05, 3.63) is 52.1 Å². The van der Waals surface area contributed by atoms with Gasteiger partial charge in [0.2, 0.25) is 0 Å². The third-order valence-electron chi connectivity index (χ3n) is 2.07. The summed E-state index contributed by atoms with van der Waals surface area (Å²) < 4.78 is 4.48. The van der Waals surface area contributed by atoms with E-state index in [2.05, 4.69) is 11.3 Å². The maximum atomic E-state index is 11.1. The summed E-state index contributed by atoms with van der Waals surface area (Å²) in [5.74, 6) is -0.557. The lowest BCUT2D eigenvalue weighted by Crippen LogP contribution is -2.07. The number of hydrogen-bond acceptors (Lipinski definition) is 4. The molecular formula is C11H11NO4. The highest BCUT2D eigenvalue weighted by Crippen LogP contribution is 2.20. The molecule has 0 radical (unpaired) electrons. The molecule has 0 aliphatic heterocycles. The lowest BCUT2D eigenvalue weighted by atomic mass is 10.0. The Morgan fingerprint density at radius 1 is 1.50 bits per heavy atom. The van der Waals surface area contributed by atoms with Crippen LogP contribution in [-0.2, 0) is 16.0 Å². The molecule has 1 rings (SSSR count). The highest BCUT2D eigenvalue weighted by atomic mass is 16.6. The van der Waals surface area contributed by atoms with Gasteiger partial charge in [-0.2, -0.15) is 0 Å². The first-order valence-corrected chi connectivity index (χ1v) is 4.54. The Labute approximate surface area is 92.5 Å². The van der Waals surface area contributed by atoms with E-state index in [0.717, 1.165) is 0 Å². The van der Waals surface area contributed by atoms with E-state index in [1.54, 1.807) is 18.2 Å². The highest BCUT2D eigenvalue weighted by Gasteiger charge is 2.16. The zero-order chi connectivity index (χ0) is 12.1. The summed E-state index contributed by atoms with van der Waals surface area (Å²) in [7, 11) is 1.24. The van der Waals surface area contributed by atoms with Crippen molar-refractivity contribution in [1.82, 2.24) is 0 Å². The summed E-state index contributed by atoms with van der Waals surface area (Å²) in [5.41, 5.74) is 0.618. The van der Waals surface area contributed by atoms with Crippen molar-refractivity contribution in [2.45, 2.75) is 6.42 Å². The van der Waals surface area contributed by atoms with Gasteiger partial charge < -0.3 is 4.74 Å². The molecule has 84 valence electrons. The van der Waals surface area contributed by atoms with Gasteiger partial charge in [0.25, 0.3) is 5.69 Å². The third kappa shape index (κ3) is 2.66. The molecule has 0 unspecified atom stereocenters. The van der Waals surface area contributed by atoms with E-state index < -0.39 is 10.9 Å². The third-order valence-corrected chi connectivity index (χ3v) is 2.07. The van der Waals surface area contributed by atoms with Crippen molar-refractivity contribution in [3.63, 3.8) is 0 Å². The normalized spacial score (nSPS) is 9.56. The number of carbonyl (C=O) groups is 1. The summed E-state index contributed by atoms with van der Waals surface area (Å²) in [5, 5.41) is 10.7. The zero-order valence-corrected chi connectivity index (χ0v) is 8.80. The monoisotopic (exact) mass is 221 g/mol. The molecule has 0 aliphatic rings. The number of rotatable bonds is 4. The number of para-hydroxylation sites is 1. The molecule has 1 aromatic rings. The number of nitro groups is 1. The average molecular weight is 221 g/mol. The Hall–Kier alpha value is -2.17. The molecule has 0 bridgehead atoms. The minimum atomic E-state index is -0.557. The summed E-state index contributed by atoms with van der Waals surface area (Å²) >= 11 is 0. The fourth-order valence-electron chi connectivity index (χ4n) is 1.28. The summed E-state index contributed by atoms with van der Waals surface area (Å²) in [6.45, 7) is 3.52. The van der Waals surface area contributed by atoms with Crippen molar-refractivity contribution in [1.29, 1.82) is 0 Å². The molecule has 5 nitrogen and oxygen atoms in total. The van der Waals surface area contributed by atoms with Gasteiger partial charge in [0, 0.05) is 23.6 Å². The maximum absolute atomic E-state index is 11.1. The molecular weight excluding hydrogens is 210 g/mol. The van der Waals surface area contributed by atoms with Gasteiger partial charge in [-0.3, -0.25) is 10.1 Å². The van der Waals surface area contributed by atoms with E-state index >= 15 is 0 Å². The van der Waals surface area contributed by atoms with Gasteiger partial charge in [0.05, 0.1) is 12.0 Å². The van der Waals surface area contributed by atoms with Gasteiger partial charge in [-0.1, -0.05) is 24.8 Å². The van der Waals surface area contributed by atoms with Crippen LogP contribution < -0.4 is 0 Å². The molecule has 0 spiro atoms. The number of benzene rings is 1. The minimum Gasteiger partial charge on any atom is -0.466 e. The number of nitrogens with zero attached hydrogens (tertiary/aromatic N) is 1. The number of methoxy groups -OCH3 is 1. The molecule has 0 saturated heterocycles. The Bertz CT molecular complexity index is 439. The molecule has 0 heterocycles. The van der Waals surface area contributed by atoms with E-state index in [1.807, 2.05) is 0 Å². The smallest absolute Gasteiger partial charge is 0.333 e. The van der Waals surface area contributed by atoms with Crippen LogP contribution in [0.3, 0.4) is 0 Å². The van der Waals surface area contributed by atoms with Crippen molar-refractivity contribution >= 4 is 11.7 Å². The van der Waals surface area contributed by atoms with Crippen LogP contribution >= 0.6 is 0 Å². The standard InChI is InChI=1S/C11H11NO4/c1-8(11(13)16-2)7-9-5-3-4-6-10(9)12(14)15/h3-6H,1,7H2,2H3. The molecule has 1 aromatic carbocycles. The second-order valence-electron chi connectivity index (χ2n) is 3.16. The van der Waals surface area contributed by atoms with Crippen LogP contribution in [0.5, 0.6) is 0 Å². The SMILES string of the molecule is C=C(Cc1ccccc1[N+](=O)[O-])C(=O)OC. The van der Waals surface area contributed by atoms with E-state index in [4.69, 9.17) is 0 Å². The van der Waals surface area contributed by atoms with Crippen molar-refractivity contribution in [2.75, 3.05) is 7.11 Å². The van der Waals surface area contributed by atoms with Crippen molar-refractivity contribution < 1.29 is 14.5 Å². The van der Waals surface area contributed by atoms with Crippen molar-refractivity contribution in [2.24, 2.45) is 0 Å². The lowest BCUT2D eigenvalue weighted by Gasteiger charge is -2.04. The first kappa shape index (κ1) is 11.9. The average Bonchev–Trinajstić information content (AvgIpc) is 2.28. The van der Waals surface area contributed by atoms with Crippen LogP contribution in [0.25, 0.3) is 0 Å². The fourth-order valence-corrected chi connectivity index (χ4v) is 1.28. The molecule has 0 N–H and O–H groups in total. The number of ether oxygens (including phenoxy) is 1. The van der Waals surface area contributed by atoms with Crippen LogP contribution in [0.2, 0.25) is 0 Å². The van der Waals surface area contributed by atoms with Gasteiger partial charge >= 0.3 is 5.97 Å². The zero-order valence-electron chi connectivity index (χ0n) is 8.80. The summed E-state index contributed by atoms with van der Waals surface area (Å²) in [6, 6.07) is 6.22.